The van der Waals surface area contributed by atoms with Gasteiger partial charge in [0.25, 0.3) is 15.7 Å². The van der Waals surface area contributed by atoms with Gasteiger partial charge in [-0.1, -0.05) is 12.7 Å². The number of hydrogen-bond donors (Lipinski definition) is 2. The van der Waals surface area contributed by atoms with E-state index in [-0.39, 0.29) is 17.2 Å². The van der Waals surface area contributed by atoms with E-state index in [1.165, 1.54) is 6.08 Å². The monoisotopic (exact) mass is 301 g/mol. The van der Waals surface area contributed by atoms with Crippen molar-refractivity contribution in [3.63, 3.8) is 0 Å². The molecule has 108 valence electrons. The number of benzene rings is 1. The van der Waals surface area contributed by atoms with E-state index in [1.807, 2.05) is 5.43 Å². The molecule has 0 radical (unpaired) electrons. The van der Waals surface area contributed by atoms with Gasteiger partial charge in [0, 0.05) is 12.1 Å². The first-order valence-corrected chi connectivity index (χ1v) is 6.65. The smallest absolute Gasteiger partial charge is 0.422 e. The molecular weight excluding hydrogens is 290 g/mol. The van der Waals surface area contributed by atoms with Crippen LogP contribution in [0.2, 0.25) is 0 Å². The molecule has 0 aliphatic carbocycles. The zero-order chi connectivity index (χ0) is 15.2. The van der Waals surface area contributed by atoms with Gasteiger partial charge in [0.05, 0.1) is 9.82 Å². The van der Waals surface area contributed by atoms with Crippen LogP contribution in [0.15, 0.2) is 41.8 Å². The minimum absolute atomic E-state index is 0.0783. The van der Waals surface area contributed by atoms with Crippen molar-refractivity contribution >= 4 is 21.8 Å². The van der Waals surface area contributed by atoms with Crippen molar-refractivity contribution in [1.29, 1.82) is 0 Å². The summed E-state index contributed by atoms with van der Waals surface area (Å²) in [5.74, 6) is 0. The molecule has 1 amide bonds. The van der Waals surface area contributed by atoms with Crippen molar-refractivity contribution in [2.75, 3.05) is 6.61 Å². The minimum Gasteiger partial charge on any atom is -0.444 e. The average Bonchev–Trinajstić information content (AvgIpc) is 2.43. The van der Waals surface area contributed by atoms with Crippen molar-refractivity contribution in [2.45, 2.75) is 4.90 Å². The van der Waals surface area contributed by atoms with Crippen LogP contribution in [-0.4, -0.2) is 26.0 Å². The quantitative estimate of drug-likeness (QED) is 0.452. The number of amides is 1. The Morgan fingerprint density at radius 2 is 2.00 bits per heavy atom. The molecule has 0 fully saturated rings. The van der Waals surface area contributed by atoms with Crippen LogP contribution in [-0.2, 0) is 14.8 Å². The number of ether oxygens (including phenoxy) is 1. The molecule has 0 atom stereocenters. The zero-order valence-electron chi connectivity index (χ0n) is 10.1. The fourth-order valence-electron chi connectivity index (χ4n) is 1.09. The number of non-ortho nitro benzene ring substituents is 1. The number of nitrogens with zero attached hydrogens (tertiary/aromatic N) is 1. The Kier molecular flexibility index (Phi) is 5.17. The zero-order valence-corrected chi connectivity index (χ0v) is 10.9. The second kappa shape index (κ2) is 6.63. The number of carbonyl (C=O) groups is 1. The molecule has 20 heavy (non-hydrogen) atoms. The first-order valence-electron chi connectivity index (χ1n) is 5.17. The molecule has 0 heterocycles. The Balaban J connectivity index is 2.71. The molecule has 10 heteroatoms. The lowest BCUT2D eigenvalue weighted by molar-refractivity contribution is -0.384. The molecule has 1 aromatic carbocycles. The number of hydrazine groups is 1. The van der Waals surface area contributed by atoms with Crippen molar-refractivity contribution in [2.24, 2.45) is 0 Å². The lowest BCUT2D eigenvalue weighted by Gasteiger charge is -2.08. The number of hydrogen-bond acceptors (Lipinski definition) is 6. The van der Waals surface area contributed by atoms with Crippen molar-refractivity contribution in [3.8, 4) is 0 Å². The summed E-state index contributed by atoms with van der Waals surface area (Å²) in [6, 6.07) is 4.14. The van der Waals surface area contributed by atoms with Crippen LogP contribution < -0.4 is 10.3 Å². The summed E-state index contributed by atoms with van der Waals surface area (Å²) in [5.41, 5.74) is 1.56. The van der Waals surface area contributed by atoms with Crippen LogP contribution in [0.4, 0.5) is 10.5 Å². The van der Waals surface area contributed by atoms with Gasteiger partial charge in [-0.15, -0.1) is 4.83 Å². The van der Waals surface area contributed by atoms with E-state index in [0.29, 0.717) is 0 Å². The molecule has 1 aromatic rings. The standard InChI is InChI=1S/C10H11N3O6S/c1-2-7-19-10(14)11-12-20(17,18)9-5-3-8(4-6-9)13(15)16/h2-6,12H,1,7H2,(H,11,14). The summed E-state index contributed by atoms with van der Waals surface area (Å²) in [7, 11) is -4.03. The van der Waals surface area contributed by atoms with Crippen LogP contribution in [0.25, 0.3) is 0 Å². The van der Waals surface area contributed by atoms with Crippen LogP contribution >= 0.6 is 0 Å². The summed E-state index contributed by atoms with van der Waals surface area (Å²) in [4.78, 5) is 22.3. The van der Waals surface area contributed by atoms with Gasteiger partial charge in [0.2, 0.25) is 0 Å². The first-order chi connectivity index (χ1) is 9.36. The van der Waals surface area contributed by atoms with Crippen molar-refractivity contribution in [1.82, 2.24) is 10.3 Å². The van der Waals surface area contributed by atoms with Crippen LogP contribution in [0.5, 0.6) is 0 Å². The molecule has 0 aliphatic heterocycles. The molecule has 0 saturated carbocycles. The number of carbonyl (C=O) groups excluding carboxylic acids is 1. The molecular formula is C10H11N3O6S. The Morgan fingerprint density at radius 1 is 1.40 bits per heavy atom. The Bertz CT molecular complexity index is 610. The fourth-order valence-corrected chi connectivity index (χ4v) is 1.92. The minimum atomic E-state index is -4.03. The molecule has 0 spiro atoms. The summed E-state index contributed by atoms with van der Waals surface area (Å²) in [5, 5.41) is 10.4. The highest BCUT2D eigenvalue weighted by Gasteiger charge is 2.16. The van der Waals surface area contributed by atoms with Gasteiger partial charge in [0.1, 0.15) is 6.61 Å². The first kappa shape index (κ1) is 15.6. The lowest BCUT2D eigenvalue weighted by Crippen LogP contribution is -2.41. The van der Waals surface area contributed by atoms with E-state index in [1.54, 1.807) is 4.83 Å². The van der Waals surface area contributed by atoms with E-state index >= 15 is 0 Å². The highest BCUT2D eigenvalue weighted by atomic mass is 32.2. The predicted molar refractivity (Wildman–Crippen MR) is 68.1 cm³/mol. The van der Waals surface area contributed by atoms with Crippen LogP contribution in [0.1, 0.15) is 0 Å². The number of nitro groups is 1. The van der Waals surface area contributed by atoms with E-state index in [4.69, 9.17) is 0 Å². The summed E-state index contributed by atoms with van der Waals surface area (Å²) in [6.45, 7) is 3.23. The third-order valence-electron chi connectivity index (χ3n) is 1.98. The maximum absolute atomic E-state index is 11.7. The molecule has 0 aliphatic rings. The van der Waals surface area contributed by atoms with Crippen molar-refractivity contribution < 1.29 is 22.9 Å². The Hall–Kier alpha value is -2.46. The summed E-state index contributed by atoms with van der Waals surface area (Å²) < 4.78 is 27.9. The Labute approximate surface area is 114 Å². The lowest BCUT2D eigenvalue weighted by atomic mass is 10.3. The molecule has 9 nitrogen and oxygen atoms in total. The molecule has 1 rings (SSSR count). The maximum atomic E-state index is 11.7. The van der Waals surface area contributed by atoms with Gasteiger partial charge in [-0.3, -0.25) is 10.1 Å². The van der Waals surface area contributed by atoms with Gasteiger partial charge in [-0.25, -0.2) is 18.6 Å². The third kappa shape index (κ3) is 4.33. The van der Waals surface area contributed by atoms with Crippen molar-refractivity contribution in [3.05, 3.63) is 47.0 Å². The van der Waals surface area contributed by atoms with Crippen LogP contribution in [0, 0.1) is 10.1 Å². The van der Waals surface area contributed by atoms with Gasteiger partial charge in [-0.05, 0) is 12.1 Å². The van der Waals surface area contributed by atoms with Gasteiger partial charge in [0.15, 0.2) is 0 Å². The second-order valence-electron chi connectivity index (χ2n) is 3.37. The number of rotatable bonds is 6. The maximum Gasteiger partial charge on any atom is 0.422 e. The topological polar surface area (TPSA) is 128 Å². The average molecular weight is 301 g/mol. The molecule has 0 saturated heterocycles. The molecule has 0 aromatic heterocycles. The number of sulfonamides is 1. The number of nitrogens with one attached hydrogen (secondary N) is 2. The Morgan fingerprint density at radius 3 is 2.50 bits per heavy atom. The van der Waals surface area contributed by atoms with E-state index in [9.17, 15) is 23.3 Å². The summed E-state index contributed by atoms with van der Waals surface area (Å²) >= 11 is 0. The van der Waals surface area contributed by atoms with Gasteiger partial charge < -0.3 is 4.74 Å². The second-order valence-corrected chi connectivity index (χ2v) is 5.05. The van der Waals surface area contributed by atoms with E-state index in [2.05, 4.69) is 11.3 Å². The third-order valence-corrected chi connectivity index (χ3v) is 3.24. The van der Waals surface area contributed by atoms with E-state index in [0.717, 1.165) is 24.3 Å². The SMILES string of the molecule is C=CCOC(=O)NNS(=O)(=O)c1ccc([N+](=O)[O-])cc1. The predicted octanol–water partition coefficient (Wildman–Crippen LogP) is 0.700. The molecule has 0 unspecified atom stereocenters. The molecule has 2 N–H and O–H groups in total. The normalized spacial score (nSPS) is 10.6. The highest BCUT2D eigenvalue weighted by Crippen LogP contribution is 2.15. The highest BCUT2D eigenvalue weighted by molar-refractivity contribution is 7.89. The van der Waals surface area contributed by atoms with E-state index < -0.39 is 21.0 Å². The number of nitro benzene ring substituents is 1. The summed E-state index contributed by atoms with van der Waals surface area (Å²) in [6.07, 6.45) is 0.306. The van der Waals surface area contributed by atoms with Crippen LogP contribution in [0.3, 0.4) is 0 Å². The molecule has 0 bridgehead atoms. The van der Waals surface area contributed by atoms with Gasteiger partial charge in [-0.2, -0.15) is 0 Å². The largest absolute Gasteiger partial charge is 0.444 e. The van der Waals surface area contributed by atoms with Gasteiger partial charge >= 0.3 is 6.09 Å². The fraction of sp³-hybridized carbons (Fsp3) is 0.100.